The summed E-state index contributed by atoms with van der Waals surface area (Å²) in [5.74, 6) is -0.283. The standard InChI is InChI=1S/C22H24N2O3/c1-16-8-10-18(11-9-16)21(26)19-6-3-4-7-20(19)22(27)24-13-5-12-23(14-15-24)17(2)25/h3-4,6-11H,5,12-15H2,1-2H3. The van der Waals surface area contributed by atoms with Gasteiger partial charge in [-0.15, -0.1) is 0 Å². The molecule has 0 aromatic heterocycles. The number of ketones is 1. The Morgan fingerprint density at radius 2 is 1.37 bits per heavy atom. The van der Waals surface area contributed by atoms with Crippen LogP contribution in [0.1, 0.15) is 45.2 Å². The fourth-order valence-electron chi connectivity index (χ4n) is 3.33. The first kappa shape index (κ1) is 18.8. The van der Waals surface area contributed by atoms with Crippen molar-refractivity contribution >= 4 is 17.6 Å². The fraction of sp³-hybridized carbons (Fsp3) is 0.318. The van der Waals surface area contributed by atoms with Crippen molar-refractivity contribution in [1.29, 1.82) is 0 Å². The zero-order valence-electron chi connectivity index (χ0n) is 15.8. The number of hydrogen-bond donors (Lipinski definition) is 0. The third-order valence-corrected chi connectivity index (χ3v) is 4.94. The van der Waals surface area contributed by atoms with Crippen molar-refractivity contribution in [3.8, 4) is 0 Å². The molecule has 2 aromatic rings. The highest BCUT2D eigenvalue weighted by Gasteiger charge is 2.25. The Hall–Kier alpha value is -2.95. The van der Waals surface area contributed by atoms with Crippen LogP contribution < -0.4 is 0 Å². The van der Waals surface area contributed by atoms with Gasteiger partial charge in [0.2, 0.25) is 5.91 Å². The molecule has 0 atom stereocenters. The molecule has 5 heteroatoms. The van der Waals surface area contributed by atoms with E-state index >= 15 is 0 Å². The topological polar surface area (TPSA) is 57.7 Å². The van der Waals surface area contributed by atoms with Crippen molar-refractivity contribution in [1.82, 2.24) is 9.80 Å². The number of hydrogen-bond acceptors (Lipinski definition) is 3. The summed E-state index contributed by atoms with van der Waals surface area (Å²) in [6.07, 6.45) is 0.736. The van der Waals surface area contributed by atoms with Crippen LogP contribution in [0, 0.1) is 6.92 Å². The summed E-state index contributed by atoms with van der Waals surface area (Å²) in [6.45, 7) is 5.75. The second kappa shape index (κ2) is 8.16. The second-order valence-corrected chi connectivity index (χ2v) is 6.89. The van der Waals surface area contributed by atoms with Gasteiger partial charge < -0.3 is 9.80 Å². The molecular weight excluding hydrogens is 340 g/mol. The van der Waals surface area contributed by atoms with Crippen LogP contribution in [-0.2, 0) is 4.79 Å². The van der Waals surface area contributed by atoms with Gasteiger partial charge in [-0.05, 0) is 19.4 Å². The summed E-state index contributed by atoms with van der Waals surface area (Å²) in [5.41, 5.74) is 2.48. The van der Waals surface area contributed by atoms with Crippen molar-refractivity contribution in [2.75, 3.05) is 26.2 Å². The van der Waals surface area contributed by atoms with Crippen LogP contribution in [0.3, 0.4) is 0 Å². The van der Waals surface area contributed by atoms with E-state index in [-0.39, 0.29) is 17.6 Å². The largest absolute Gasteiger partial charge is 0.341 e. The van der Waals surface area contributed by atoms with Crippen molar-refractivity contribution in [3.63, 3.8) is 0 Å². The molecule has 0 unspecified atom stereocenters. The Kier molecular flexibility index (Phi) is 5.69. The van der Waals surface area contributed by atoms with Gasteiger partial charge in [-0.25, -0.2) is 0 Å². The van der Waals surface area contributed by atoms with Gasteiger partial charge in [-0.2, -0.15) is 0 Å². The number of amides is 2. The summed E-state index contributed by atoms with van der Waals surface area (Å²) >= 11 is 0. The van der Waals surface area contributed by atoms with Crippen LogP contribution in [0.25, 0.3) is 0 Å². The lowest BCUT2D eigenvalue weighted by Crippen LogP contribution is -2.37. The molecule has 0 saturated carbocycles. The van der Waals surface area contributed by atoms with E-state index in [1.807, 2.05) is 19.1 Å². The van der Waals surface area contributed by atoms with Crippen molar-refractivity contribution in [2.45, 2.75) is 20.3 Å². The van der Waals surface area contributed by atoms with Gasteiger partial charge in [-0.3, -0.25) is 14.4 Å². The minimum Gasteiger partial charge on any atom is -0.341 e. The van der Waals surface area contributed by atoms with E-state index < -0.39 is 0 Å². The maximum atomic E-state index is 13.1. The Bertz CT molecular complexity index is 858. The summed E-state index contributed by atoms with van der Waals surface area (Å²) in [7, 11) is 0. The quantitative estimate of drug-likeness (QED) is 0.787. The summed E-state index contributed by atoms with van der Waals surface area (Å²) < 4.78 is 0. The molecule has 3 rings (SSSR count). The van der Waals surface area contributed by atoms with E-state index in [9.17, 15) is 14.4 Å². The highest BCUT2D eigenvalue weighted by molar-refractivity contribution is 6.15. The van der Waals surface area contributed by atoms with E-state index in [1.165, 1.54) is 0 Å². The molecule has 1 fully saturated rings. The number of benzene rings is 2. The Labute approximate surface area is 159 Å². The zero-order chi connectivity index (χ0) is 19.4. The molecule has 0 N–H and O–H groups in total. The maximum absolute atomic E-state index is 13.1. The third kappa shape index (κ3) is 4.25. The summed E-state index contributed by atoms with van der Waals surface area (Å²) in [6, 6.07) is 14.3. The van der Waals surface area contributed by atoms with Crippen LogP contribution in [0.2, 0.25) is 0 Å². The minimum atomic E-state index is -0.156. The molecule has 1 aliphatic heterocycles. The van der Waals surface area contributed by atoms with Gasteiger partial charge in [0.25, 0.3) is 5.91 Å². The van der Waals surface area contributed by atoms with E-state index in [0.29, 0.717) is 42.9 Å². The normalized spacial score (nSPS) is 14.6. The van der Waals surface area contributed by atoms with E-state index in [1.54, 1.807) is 53.1 Å². The van der Waals surface area contributed by atoms with Crippen LogP contribution >= 0.6 is 0 Å². The molecule has 2 amide bonds. The van der Waals surface area contributed by atoms with E-state index in [0.717, 1.165) is 12.0 Å². The molecular formula is C22H24N2O3. The monoisotopic (exact) mass is 364 g/mol. The predicted molar refractivity (Wildman–Crippen MR) is 104 cm³/mol. The molecule has 0 bridgehead atoms. The molecule has 0 spiro atoms. The molecule has 2 aromatic carbocycles. The SMILES string of the molecule is CC(=O)N1CCCN(C(=O)c2ccccc2C(=O)c2ccc(C)cc2)CC1. The molecule has 5 nitrogen and oxygen atoms in total. The molecule has 27 heavy (non-hydrogen) atoms. The maximum Gasteiger partial charge on any atom is 0.254 e. The average Bonchev–Trinajstić information content (AvgIpc) is 2.94. The van der Waals surface area contributed by atoms with Gasteiger partial charge in [-0.1, -0.05) is 48.0 Å². The highest BCUT2D eigenvalue weighted by Crippen LogP contribution is 2.18. The second-order valence-electron chi connectivity index (χ2n) is 6.89. The first-order valence-corrected chi connectivity index (χ1v) is 9.22. The molecule has 0 aliphatic carbocycles. The van der Waals surface area contributed by atoms with Gasteiger partial charge in [0.15, 0.2) is 5.78 Å². The number of aryl methyl sites for hydroxylation is 1. The number of nitrogens with zero attached hydrogens (tertiary/aromatic N) is 2. The van der Waals surface area contributed by atoms with Crippen LogP contribution in [-0.4, -0.2) is 53.6 Å². The molecule has 1 saturated heterocycles. The van der Waals surface area contributed by atoms with Crippen molar-refractivity contribution in [3.05, 3.63) is 70.8 Å². The van der Waals surface area contributed by atoms with E-state index in [2.05, 4.69) is 0 Å². The highest BCUT2D eigenvalue weighted by atomic mass is 16.2. The first-order valence-electron chi connectivity index (χ1n) is 9.22. The number of carbonyl (C=O) groups excluding carboxylic acids is 3. The van der Waals surface area contributed by atoms with Gasteiger partial charge in [0.1, 0.15) is 0 Å². The summed E-state index contributed by atoms with van der Waals surface area (Å²) in [4.78, 5) is 41.2. The van der Waals surface area contributed by atoms with Crippen molar-refractivity contribution < 1.29 is 14.4 Å². The summed E-state index contributed by atoms with van der Waals surface area (Å²) in [5, 5.41) is 0. The number of carbonyl (C=O) groups is 3. The average molecular weight is 364 g/mol. The minimum absolute atomic E-state index is 0.0271. The van der Waals surface area contributed by atoms with Crippen LogP contribution in [0.4, 0.5) is 0 Å². The molecule has 1 aliphatic rings. The Morgan fingerprint density at radius 3 is 2.04 bits per heavy atom. The smallest absolute Gasteiger partial charge is 0.254 e. The third-order valence-electron chi connectivity index (χ3n) is 4.94. The van der Waals surface area contributed by atoms with E-state index in [4.69, 9.17) is 0 Å². The van der Waals surface area contributed by atoms with Crippen LogP contribution in [0.5, 0.6) is 0 Å². The lowest BCUT2D eigenvalue weighted by molar-refractivity contribution is -0.128. The number of rotatable bonds is 3. The molecule has 1 heterocycles. The zero-order valence-corrected chi connectivity index (χ0v) is 15.8. The van der Waals surface area contributed by atoms with Gasteiger partial charge in [0.05, 0.1) is 5.56 Å². The van der Waals surface area contributed by atoms with Crippen molar-refractivity contribution in [2.24, 2.45) is 0 Å². The van der Waals surface area contributed by atoms with Gasteiger partial charge in [0, 0.05) is 44.2 Å². The Morgan fingerprint density at radius 1 is 0.778 bits per heavy atom. The Balaban J connectivity index is 1.85. The molecule has 0 radical (unpaired) electrons. The predicted octanol–water partition coefficient (Wildman–Crippen LogP) is 2.92. The fourth-order valence-corrected chi connectivity index (χ4v) is 3.33. The first-order chi connectivity index (χ1) is 13.0. The lowest BCUT2D eigenvalue weighted by Gasteiger charge is -2.22. The van der Waals surface area contributed by atoms with Crippen LogP contribution in [0.15, 0.2) is 48.5 Å². The molecule has 140 valence electrons. The lowest BCUT2D eigenvalue weighted by atomic mass is 9.97. The van der Waals surface area contributed by atoms with Gasteiger partial charge >= 0.3 is 0 Å².